The fraction of sp³-hybridized carbons (Fsp3) is 0.391. The first-order chi connectivity index (χ1) is 15.3. The molecule has 2 heterocycles. The average molecular weight is 474 g/mol. The number of carbonyl (C=O) groups excluding carboxylic acids is 2. The van der Waals surface area contributed by atoms with Gasteiger partial charge in [0.2, 0.25) is 21.8 Å². The van der Waals surface area contributed by atoms with Crippen LogP contribution in [0.3, 0.4) is 0 Å². The van der Waals surface area contributed by atoms with E-state index < -0.39 is 10.0 Å². The number of carbonyl (C=O) groups is 2. The summed E-state index contributed by atoms with van der Waals surface area (Å²) in [7, 11) is -3.60. The van der Waals surface area contributed by atoms with Crippen LogP contribution in [0.2, 0.25) is 0 Å². The zero-order valence-electron chi connectivity index (χ0n) is 18.0. The van der Waals surface area contributed by atoms with Crippen molar-refractivity contribution in [1.82, 2.24) is 9.62 Å². The number of benzene rings is 2. The number of nitrogens with zero attached hydrogens (tertiary/aromatic N) is 2. The van der Waals surface area contributed by atoms with Crippen molar-refractivity contribution >= 4 is 39.3 Å². The molecule has 2 aliphatic rings. The van der Waals surface area contributed by atoms with Gasteiger partial charge in [-0.05, 0) is 49.9 Å². The van der Waals surface area contributed by atoms with Crippen molar-refractivity contribution < 1.29 is 18.0 Å². The molecule has 1 N–H and O–H groups in total. The van der Waals surface area contributed by atoms with Gasteiger partial charge in [-0.3, -0.25) is 9.59 Å². The van der Waals surface area contributed by atoms with Gasteiger partial charge in [0.1, 0.15) is 6.54 Å². The second-order valence-electron chi connectivity index (χ2n) is 8.09. The van der Waals surface area contributed by atoms with Crippen molar-refractivity contribution in [3.63, 3.8) is 0 Å². The number of hydrogen-bond acceptors (Lipinski definition) is 5. The minimum absolute atomic E-state index is 0.131. The number of anilines is 1. The predicted molar refractivity (Wildman–Crippen MR) is 125 cm³/mol. The summed E-state index contributed by atoms with van der Waals surface area (Å²) in [5, 5.41) is 2.87. The van der Waals surface area contributed by atoms with Gasteiger partial charge in [0.25, 0.3) is 0 Å². The summed E-state index contributed by atoms with van der Waals surface area (Å²) in [6.45, 7) is 3.39. The zero-order valence-corrected chi connectivity index (χ0v) is 19.7. The predicted octanol–water partition coefficient (Wildman–Crippen LogP) is 2.58. The molecule has 0 aliphatic carbocycles. The minimum Gasteiger partial charge on any atom is -0.354 e. The van der Waals surface area contributed by atoms with E-state index in [-0.39, 0.29) is 29.0 Å². The van der Waals surface area contributed by atoms with Gasteiger partial charge in [0.15, 0.2) is 0 Å². The summed E-state index contributed by atoms with van der Waals surface area (Å²) >= 11 is 1.36. The Balaban J connectivity index is 1.45. The molecule has 2 aromatic rings. The Labute approximate surface area is 193 Å². The van der Waals surface area contributed by atoms with Gasteiger partial charge in [0, 0.05) is 24.5 Å². The lowest BCUT2D eigenvalue weighted by molar-refractivity contribution is -0.122. The molecule has 0 atom stereocenters. The molecule has 7 nitrogen and oxygen atoms in total. The Morgan fingerprint density at radius 2 is 1.81 bits per heavy atom. The highest BCUT2D eigenvalue weighted by Crippen LogP contribution is 2.37. The topological polar surface area (TPSA) is 86.8 Å². The normalized spacial score (nSPS) is 16.8. The second-order valence-corrected chi connectivity index (χ2v) is 11.0. The van der Waals surface area contributed by atoms with Gasteiger partial charge in [-0.1, -0.05) is 29.8 Å². The first-order valence-corrected chi connectivity index (χ1v) is 13.2. The van der Waals surface area contributed by atoms with E-state index in [1.54, 1.807) is 12.1 Å². The van der Waals surface area contributed by atoms with Crippen molar-refractivity contribution in [3.05, 3.63) is 53.6 Å². The fourth-order valence-electron chi connectivity index (χ4n) is 3.89. The quantitative estimate of drug-likeness (QED) is 0.668. The van der Waals surface area contributed by atoms with Crippen LogP contribution in [-0.4, -0.2) is 56.5 Å². The van der Waals surface area contributed by atoms with Crippen LogP contribution in [0.1, 0.15) is 24.0 Å². The molecule has 32 heavy (non-hydrogen) atoms. The van der Waals surface area contributed by atoms with Crippen molar-refractivity contribution in [2.75, 3.05) is 36.8 Å². The van der Waals surface area contributed by atoms with E-state index >= 15 is 0 Å². The molecule has 2 aromatic carbocycles. The summed E-state index contributed by atoms with van der Waals surface area (Å²) in [5.74, 6) is -0.245. The van der Waals surface area contributed by atoms with E-state index in [0.717, 1.165) is 23.3 Å². The average Bonchev–Trinajstić information content (AvgIpc) is 3.33. The number of rotatable bonds is 7. The fourth-order valence-corrected chi connectivity index (χ4v) is 6.35. The highest BCUT2D eigenvalue weighted by atomic mass is 32.2. The highest BCUT2D eigenvalue weighted by Gasteiger charge is 2.31. The summed E-state index contributed by atoms with van der Waals surface area (Å²) < 4.78 is 27.4. The molecule has 4 rings (SSSR count). The molecule has 2 amide bonds. The van der Waals surface area contributed by atoms with Crippen LogP contribution in [0.5, 0.6) is 0 Å². The summed E-state index contributed by atoms with van der Waals surface area (Å²) in [6, 6.07) is 13.0. The Morgan fingerprint density at radius 1 is 1.09 bits per heavy atom. The van der Waals surface area contributed by atoms with Crippen LogP contribution < -0.4 is 10.2 Å². The molecule has 1 saturated heterocycles. The van der Waals surface area contributed by atoms with Crippen LogP contribution in [0.25, 0.3) is 0 Å². The Morgan fingerprint density at radius 3 is 2.53 bits per heavy atom. The van der Waals surface area contributed by atoms with Gasteiger partial charge >= 0.3 is 0 Å². The summed E-state index contributed by atoms with van der Waals surface area (Å²) in [5.41, 5.74) is 2.80. The maximum absolute atomic E-state index is 13.0. The monoisotopic (exact) mass is 473 g/mol. The van der Waals surface area contributed by atoms with E-state index in [2.05, 4.69) is 5.32 Å². The minimum atomic E-state index is -3.60. The van der Waals surface area contributed by atoms with E-state index in [1.165, 1.54) is 32.6 Å². The largest absolute Gasteiger partial charge is 0.354 e. The lowest BCUT2D eigenvalue weighted by Crippen LogP contribution is -2.43. The van der Waals surface area contributed by atoms with Crippen LogP contribution >= 0.6 is 11.8 Å². The van der Waals surface area contributed by atoms with Gasteiger partial charge in [-0.15, -0.1) is 11.8 Å². The van der Waals surface area contributed by atoms with Crippen molar-refractivity contribution in [2.24, 2.45) is 0 Å². The van der Waals surface area contributed by atoms with Crippen molar-refractivity contribution in [2.45, 2.75) is 36.0 Å². The van der Waals surface area contributed by atoms with Crippen molar-refractivity contribution in [1.29, 1.82) is 0 Å². The molecule has 1 fully saturated rings. The second kappa shape index (κ2) is 9.64. The van der Waals surface area contributed by atoms with Crippen LogP contribution in [-0.2, 0) is 26.0 Å². The molecule has 0 saturated carbocycles. The van der Waals surface area contributed by atoms with Crippen LogP contribution in [0.15, 0.2) is 52.3 Å². The molecule has 9 heteroatoms. The summed E-state index contributed by atoms with van der Waals surface area (Å²) in [4.78, 5) is 27.5. The molecule has 0 radical (unpaired) electrons. The number of hydrogen-bond donors (Lipinski definition) is 1. The number of aryl methyl sites for hydroxylation is 1. The van der Waals surface area contributed by atoms with Crippen molar-refractivity contribution in [3.8, 4) is 0 Å². The third-order valence-electron chi connectivity index (χ3n) is 5.73. The number of fused-ring (bicyclic) bond motifs is 1. The molecule has 2 aliphatic heterocycles. The van der Waals surface area contributed by atoms with E-state index in [9.17, 15) is 18.0 Å². The first kappa shape index (κ1) is 22.8. The molecule has 170 valence electrons. The molecule has 0 bridgehead atoms. The first-order valence-electron chi connectivity index (χ1n) is 10.7. The number of nitrogens with one attached hydrogen (secondary N) is 1. The Kier molecular flexibility index (Phi) is 6.88. The zero-order chi connectivity index (χ0) is 22.7. The van der Waals surface area contributed by atoms with E-state index in [4.69, 9.17) is 0 Å². The molecular formula is C23H27N3O4S2. The Hall–Kier alpha value is -2.36. The number of sulfonamides is 1. The van der Waals surface area contributed by atoms with Gasteiger partial charge in [-0.25, -0.2) is 8.42 Å². The standard InChI is InChI=1S/C23H27N3O4S2/c1-17-4-6-18(7-5-17)10-11-24-22(27)15-26-20-14-19(8-9-21(20)31-16-23(26)28)32(29,30)25-12-2-3-13-25/h4-9,14H,2-3,10-13,15-16H2,1H3,(H,24,27). The van der Waals surface area contributed by atoms with Gasteiger partial charge < -0.3 is 10.2 Å². The maximum Gasteiger partial charge on any atom is 0.243 e. The van der Waals surface area contributed by atoms with E-state index in [0.29, 0.717) is 31.7 Å². The Bertz CT molecular complexity index is 1110. The SMILES string of the molecule is Cc1ccc(CCNC(=O)CN2C(=O)CSc3ccc(S(=O)(=O)N4CCCC4)cc32)cc1. The summed E-state index contributed by atoms with van der Waals surface area (Å²) in [6.07, 6.45) is 2.41. The molecule has 0 spiro atoms. The number of amides is 2. The maximum atomic E-state index is 13.0. The van der Waals surface area contributed by atoms with E-state index in [1.807, 2.05) is 31.2 Å². The smallest absolute Gasteiger partial charge is 0.243 e. The van der Waals surface area contributed by atoms with Gasteiger partial charge in [0.05, 0.1) is 16.3 Å². The lowest BCUT2D eigenvalue weighted by Gasteiger charge is -2.29. The molecule has 0 aromatic heterocycles. The van der Waals surface area contributed by atoms with Crippen LogP contribution in [0, 0.1) is 6.92 Å². The van der Waals surface area contributed by atoms with Gasteiger partial charge in [-0.2, -0.15) is 4.31 Å². The third kappa shape index (κ3) is 5.00. The number of thioether (sulfide) groups is 1. The third-order valence-corrected chi connectivity index (χ3v) is 8.68. The highest BCUT2D eigenvalue weighted by molar-refractivity contribution is 8.00. The van der Waals surface area contributed by atoms with Crippen LogP contribution in [0.4, 0.5) is 5.69 Å². The lowest BCUT2D eigenvalue weighted by atomic mass is 10.1. The molecule has 0 unspecified atom stereocenters. The molecular weight excluding hydrogens is 446 g/mol.